The fourth-order valence-electron chi connectivity index (χ4n) is 2.28. The van der Waals surface area contributed by atoms with Crippen LogP contribution in [0.3, 0.4) is 0 Å². The van der Waals surface area contributed by atoms with Gasteiger partial charge in [-0.1, -0.05) is 6.42 Å². The van der Waals surface area contributed by atoms with Gasteiger partial charge in [0.25, 0.3) is 0 Å². The molecule has 0 aromatic heterocycles. The first-order valence-electron chi connectivity index (χ1n) is 4.63. The van der Waals surface area contributed by atoms with Gasteiger partial charge in [-0.05, 0) is 38.6 Å². The summed E-state index contributed by atoms with van der Waals surface area (Å²) >= 11 is 2.24. The SMILES string of the molecule is CN1CCC2(CCCCS2)C1. The summed E-state index contributed by atoms with van der Waals surface area (Å²) in [4.78, 5) is 2.48. The second kappa shape index (κ2) is 2.98. The molecule has 0 N–H and O–H groups in total. The molecule has 0 saturated carbocycles. The van der Waals surface area contributed by atoms with Crippen LogP contribution in [0.15, 0.2) is 0 Å². The predicted octanol–water partition coefficient (Wildman–Crippen LogP) is 1.98. The largest absolute Gasteiger partial charge is 0.305 e. The summed E-state index contributed by atoms with van der Waals surface area (Å²) in [5.74, 6) is 1.41. The van der Waals surface area contributed by atoms with Gasteiger partial charge in [-0.3, -0.25) is 0 Å². The van der Waals surface area contributed by atoms with Gasteiger partial charge in [-0.2, -0.15) is 11.8 Å². The molecule has 0 radical (unpaired) electrons. The number of likely N-dealkylation sites (tertiary alicyclic amines) is 1. The highest BCUT2D eigenvalue weighted by Crippen LogP contribution is 2.42. The molecular weight excluding hydrogens is 154 g/mol. The van der Waals surface area contributed by atoms with Crippen molar-refractivity contribution in [2.75, 3.05) is 25.9 Å². The van der Waals surface area contributed by atoms with E-state index in [-0.39, 0.29) is 0 Å². The number of nitrogens with zero attached hydrogens (tertiary/aromatic N) is 1. The molecule has 2 rings (SSSR count). The number of hydrogen-bond acceptors (Lipinski definition) is 2. The topological polar surface area (TPSA) is 3.24 Å². The van der Waals surface area contributed by atoms with E-state index < -0.39 is 0 Å². The fraction of sp³-hybridized carbons (Fsp3) is 1.00. The lowest BCUT2D eigenvalue weighted by molar-refractivity contribution is 0.395. The molecular formula is C9H17NS. The highest BCUT2D eigenvalue weighted by molar-refractivity contribution is 8.00. The third kappa shape index (κ3) is 1.57. The van der Waals surface area contributed by atoms with Gasteiger partial charge in [0, 0.05) is 11.3 Å². The lowest BCUT2D eigenvalue weighted by atomic mass is 10.00. The van der Waals surface area contributed by atoms with Crippen molar-refractivity contribution in [3.05, 3.63) is 0 Å². The van der Waals surface area contributed by atoms with E-state index in [9.17, 15) is 0 Å². The Kier molecular flexibility index (Phi) is 2.15. The summed E-state index contributed by atoms with van der Waals surface area (Å²) < 4.78 is 0.688. The average molecular weight is 171 g/mol. The summed E-state index contributed by atoms with van der Waals surface area (Å²) in [6.07, 6.45) is 5.84. The van der Waals surface area contributed by atoms with Crippen LogP contribution in [0, 0.1) is 0 Å². The second-order valence-corrected chi connectivity index (χ2v) is 5.54. The lowest BCUT2D eigenvalue weighted by Gasteiger charge is -2.32. The Labute approximate surface area is 73.5 Å². The van der Waals surface area contributed by atoms with E-state index in [0.29, 0.717) is 4.75 Å². The van der Waals surface area contributed by atoms with E-state index in [1.807, 2.05) is 0 Å². The first-order chi connectivity index (χ1) is 5.31. The summed E-state index contributed by atoms with van der Waals surface area (Å²) in [7, 11) is 2.25. The van der Waals surface area contributed by atoms with Crippen molar-refractivity contribution in [3.8, 4) is 0 Å². The molecule has 0 amide bonds. The lowest BCUT2D eigenvalue weighted by Crippen LogP contribution is -2.31. The number of thioether (sulfide) groups is 1. The molecule has 0 aromatic rings. The van der Waals surface area contributed by atoms with Crippen molar-refractivity contribution in [2.24, 2.45) is 0 Å². The summed E-state index contributed by atoms with van der Waals surface area (Å²) in [6.45, 7) is 2.67. The monoisotopic (exact) mass is 171 g/mol. The molecule has 0 aliphatic carbocycles. The molecule has 1 spiro atoms. The Morgan fingerprint density at radius 1 is 1.27 bits per heavy atom. The second-order valence-electron chi connectivity index (χ2n) is 3.98. The number of rotatable bonds is 0. The van der Waals surface area contributed by atoms with Gasteiger partial charge in [-0.15, -0.1) is 0 Å². The molecule has 2 heterocycles. The first kappa shape index (κ1) is 7.93. The maximum Gasteiger partial charge on any atom is 0.0299 e. The van der Waals surface area contributed by atoms with Crippen molar-refractivity contribution in [1.82, 2.24) is 4.90 Å². The minimum Gasteiger partial charge on any atom is -0.305 e. The van der Waals surface area contributed by atoms with Crippen molar-refractivity contribution in [3.63, 3.8) is 0 Å². The van der Waals surface area contributed by atoms with E-state index in [2.05, 4.69) is 23.7 Å². The molecule has 1 nitrogen and oxygen atoms in total. The molecule has 2 aliphatic rings. The predicted molar refractivity (Wildman–Crippen MR) is 51.2 cm³/mol. The zero-order valence-electron chi connectivity index (χ0n) is 7.31. The van der Waals surface area contributed by atoms with Gasteiger partial charge < -0.3 is 4.90 Å². The van der Waals surface area contributed by atoms with Gasteiger partial charge in [-0.25, -0.2) is 0 Å². The van der Waals surface area contributed by atoms with Crippen LogP contribution in [0.1, 0.15) is 25.7 Å². The Morgan fingerprint density at radius 2 is 2.18 bits per heavy atom. The first-order valence-corrected chi connectivity index (χ1v) is 5.62. The van der Waals surface area contributed by atoms with Crippen molar-refractivity contribution >= 4 is 11.8 Å². The molecule has 1 unspecified atom stereocenters. The summed E-state index contributed by atoms with van der Waals surface area (Å²) in [5, 5.41) is 0. The van der Waals surface area contributed by atoms with Crippen molar-refractivity contribution in [2.45, 2.75) is 30.4 Å². The van der Waals surface area contributed by atoms with Crippen molar-refractivity contribution < 1.29 is 0 Å². The third-order valence-corrected chi connectivity index (χ3v) is 4.58. The van der Waals surface area contributed by atoms with Crippen LogP contribution in [0.25, 0.3) is 0 Å². The average Bonchev–Trinajstić information content (AvgIpc) is 2.34. The summed E-state index contributed by atoms with van der Waals surface area (Å²) in [5.41, 5.74) is 0. The Balaban J connectivity index is 1.98. The minimum absolute atomic E-state index is 0.688. The van der Waals surface area contributed by atoms with Gasteiger partial charge in [0.05, 0.1) is 0 Å². The highest BCUT2D eigenvalue weighted by Gasteiger charge is 2.37. The maximum atomic E-state index is 2.48. The van der Waals surface area contributed by atoms with Crippen LogP contribution >= 0.6 is 11.8 Å². The zero-order valence-corrected chi connectivity index (χ0v) is 8.12. The molecule has 0 aromatic carbocycles. The van der Waals surface area contributed by atoms with Crippen LogP contribution in [-0.4, -0.2) is 35.5 Å². The van der Waals surface area contributed by atoms with Gasteiger partial charge in [0.1, 0.15) is 0 Å². The van der Waals surface area contributed by atoms with Crippen LogP contribution in [0.2, 0.25) is 0 Å². The van der Waals surface area contributed by atoms with E-state index in [1.54, 1.807) is 0 Å². The Hall–Kier alpha value is 0.310. The molecule has 2 fully saturated rings. The van der Waals surface area contributed by atoms with Crippen LogP contribution < -0.4 is 0 Å². The minimum atomic E-state index is 0.688. The molecule has 0 bridgehead atoms. The Morgan fingerprint density at radius 3 is 2.73 bits per heavy atom. The van der Waals surface area contributed by atoms with Gasteiger partial charge in [0.15, 0.2) is 0 Å². The molecule has 2 heteroatoms. The molecule has 2 saturated heterocycles. The molecule has 64 valence electrons. The highest BCUT2D eigenvalue weighted by atomic mass is 32.2. The van der Waals surface area contributed by atoms with E-state index in [4.69, 9.17) is 0 Å². The van der Waals surface area contributed by atoms with Gasteiger partial charge in [0.2, 0.25) is 0 Å². The van der Waals surface area contributed by atoms with Crippen LogP contribution in [0.5, 0.6) is 0 Å². The standard InChI is InChI=1S/C9H17NS/c1-10-6-5-9(8-10)4-2-3-7-11-9/h2-8H2,1H3. The quantitative estimate of drug-likeness (QED) is 0.548. The smallest absolute Gasteiger partial charge is 0.0299 e. The van der Waals surface area contributed by atoms with Crippen molar-refractivity contribution in [1.29, 1.82) is 0 Å². The van der Waals surface area contributed by atoms with Gasteiger partial charge >= 0.3 is 0 Å². The van der Waals surface area contributed by atoms with E-state index in [0.717, 1.165) is 0 Å². The van der Waals surface area contributed by atoms with Crippen LogP contribution in [-0.2, 0) is 0 Å². The number of hydrogen-bond donors (Lipinski definition) is 0. The maximum absolute atomic E-state index is 2.48. The van der Waals surface area contributed by atoms with E-state index in [1.165, 1.54) is 44.5 Å². The molecule has 1 atom stereocenters. The summed E-state index contributed by atoms with van der Waals surface area (Å²) in [6, 6.07) is 0. The third-order valence-electron chi connectivity index (χ3n) is 2.94. The zero-order chi connectivity index (χ0) is 7.73. The molecule has 11 heavy (non-hydrogen) atoms. The van der Waals surface area contributed by atoms with E-state index >= 15 is 0 Å². The van der Waals surface area contributed by atoms with Crippen LogP contribution in [0.4, 0.5) is 0 Å². The Bertz CT molecular complexity index is 135. The normalized spacial score (nSPS) is 40.1. The molecule has 2 aliphatic heterocycles. The fourth-order valence-corrected chi connectivity index (χ4v) is 3.89.